The summed E-state index contributed by atoms with van der Waals surface area (Å²) < 4.78 is 0. The molecule has 2 aromatic rings. The van der Waals surface area contributed by atoms with Crippen LogP contribution in [0.3, 0.4) is 0 Å². The molecule has 0 radical (unpaired) electrons. The van der Waals surface area contributed by atoms with Gasteiger partial charge in [0.15, 0.2) is 0 Å². The van der Waals surface area contributed by atoms with E-state index in [0.717, 1.165) is 29.5 Å². The van der Waals surface area contributed by atoms with Crippen molar-refractivity contribution in [3.05, 3.63) is 64.2 Å². The van der Waals surface area contributed by atoms with Crippen LogP contribution < -0.4 is 16.0 Å². The standard InChI is InChI=1S/C23H27N3O4/c1-13(2)25-22(29)23(30)26-19-9-7-16-10-15(5-8-18(16)19)12-24-21(28)17-6-4-14(3)20(27)11-17/h4-6,8,10-11,13,19,27H,7,9,12H2,1-3H3,(H,24,28)(H,25,29)(H,26,30). The van der Waals surface area contributed by atoms with Crippen molar-refractivity contribution in [2.45, 2.75) is 52.2 Å². The summed E-state index contributed by atoms with van der Waals surface area (Å²) in [5.74, 6) is -1.42. The molecule has 158 valence electrons. The quantitative estimate of drug-likeness (QED) is 0.568. The number of phenolic OH excluding ortho intramolecular Hbond substituents is 1. The average Bonchev–Trinajstić information content (AvgIpc) is 3.09. The van der Waals surface area contributed by atoms with Crippen LogP contribution in [0.4, 0.5) is 0 Å². The van der Waals surface area contributed by atoms with Crippen LogP contribution in [0.5, 0.6) is 5.75 Å². The van der Waals surface area contributed by atoms with Gasteiger partial charge in [0.05, 0.1) is 6.04 Å². The molecule has 0 fully saturated rings. The first-order valence-corrected chi connectivity index (χ1v) is 10.1. The number of rotatable bonds is 5. The largest absolute Gasteiger partial charge is 0.508 e. The lowest BCUT2D eigenvalue weighted by Crippen LogP contribution is -2.43. The van der Waals surface area contributed by atoms with E-state index in [4.69, 9.17) is 0 Å². The number of phenols is 1. The number of amides is 3. The minimum absolute atomic E-state index is 0.0929. The number of fused-ring (bicyclic) bond motifs is 1. The summed E-state index contributed by atoms with van der Waals surface area (Å²) in [6, 6.07) is 10.4. The molecule has 30 heavy (non-hydrogen) atoms. The monoisotopic (exact) mass is 409 g/mol. The van der Waals surface area contributed by atoms with Crippen LogP contribution in [-0.4, -0.2) is 28.9 Å². The summed E-state index contributed by atoms with van der Waals surface area (Å²) in [5.41, 5.74) is 4.17. The van der Waals surface area contributed by atoms with Gasteiger partial charge in [-0.1, -0.05) is 24.3 Å². The third kappa shape index (κ3) is 4.97. The Morgan fingerprint density at radius 2 is 1.87 bits per heavy atom. The van der Waals surface area contributed by atoms with Crippen molar-refractivity contribution in [3.8, 4) is 5.75 Å². The van der Waals surface area contributed by atoms with E-state index in [0.29, 0.717) is 17.7 Å². The Labute approximate surface area is 175 Å². The van der Waals surface area contributed by atoms with Gasteiger partial charge in [-0.3, -0.25) is 14.4 Å². The number of hydrogen-bond donors (Lipinski definition) is 4. The molecule has 3 amide bonds. The summed E-state index contributed by atoms with van der Waals surface area (Å²) >= 11 is 0. The number of aromatic hydroxyl groups is 1. The molecule has 1 unspecified atom stereocenters. The molecule has 1 atom stereocenters. The first kappa shape index (κ1) is 21.4. The van der Waals surface area contributed by atoms with Crippen LogP contribution in [0.15, 0.2) is 36.4 Å². The van der Waals surface area contributed by atoms with Crippen LogP contribution in [0.2, 0.25) is 0 Å². The number of nitrogens with one attached hydrogen (secondary N) is 3. The summed E-state index contributed by atoms with van der Waals surface area (Å²) in [4.78, 5) is 36.2. The van der Waals surface area contributed by atoms with Gasteiger partial charge < -0.3 is 21.1 Å². The molecule has 0 aliphatic heterocycles. The second-order valence-electron chi connectivity index (χ2n) is 7.91. The highest BCUT2D eigenvalue weighted by molar-refractivity contribution is 6.35. The topological polar surface area (TPSA) is 108 Å². The minimum Gasteiger partial charge on any atom is -0.508 e. The second kappa shape index (κ2) is 8.98. The molecule has 7 heteroatoms. The number of carbonyl (C=O) groups excluding carboxylic acids is 3. The van der Waals surface area contributed by atoms with Crippen LogP contribution in [-0.2, 0) is 22.6 Å². The van der Waals surface area contributed by atoms with Crippen LogP contribution in [0.1, 0.15) is 58.9 Å². The van der Waals surface area contributed by atoms with Crippen molar-refractivity contribution in [3.63, 3.8) is 0 Å². The fraction of sp³-hybridized carbons (Fsp3) is 0.348. The third-order valence-electron chi connectivity index (χ3n) is 5.14. The normalized spacial score (nSPS) is 14.9. The zero-order chi connectivity index (χ0) is 21.8. The van der Waals surface area contributed by atoms with Crippen LogP contribution in [0.25, 0.3) is 0 Å². The lowest BCUT2D eigenvalue weighted by molar-refractivity contribution is -0.140. The van der Waals surface area contributed by atoms with Gasteiger partial charge >= 0.3 is 11.8 Å². The SMILES string of the molecule is Cc1ccc(C(=O)NCc2ccc3c(c2)CCC3NC(=O)C(=O)NC(C)C)cc1O. The van der Waals surface area contributed by atoms with E-state index in [1.807, 2.05) is 18.2 Å². The summed E-state index contributed by atoms with van der Waals surface area (Å²) in [5, 5.41) is 18.0. The molecule has 2 aromatic carbocycles. The highest BCUT2D eigenvalue weighted by Crippen LogP contribution is 2.31. The van der Waals surface area contributed by atoms with E-state index in [9.17, 15) is 19.5 Å². The number of hydrogen-bond acceptors (Lipinski definition) is 4. The van der Waals surface area contributed by atoms with Gasteiger partial charge in [0, 0.05) is 18.2 Å². The van der Waals surface area contributed by atoms with Gasteiger partial charge in [0.25, 0.3) is 5.91 Å². The number of aryl methyl sites for hydroxylation is 2. The molecule has 7 nitrogen and oxygen atoms in total. The average molecular weight is 409 g/mol. The van der Waals surface area contributed by atoms with Crippen molar-refractivity contribution < 1.29 is 19.5 Å². The smallest absolute Gasteiger partial charge is 0.309 e. The van der Waals surface area contributed by atoms with Gasteiger partial charge in [0.1, 0.15) is 5.75 Å². The molecule has 1 aliphatic rings. The summed E-state index contributed by atoms with van der Waals surface area (Å²) in [6.07, 6.45) is 1.52. The second-order valence-corrected chi connectivity index (χ2v) is 7.91. The predicted molar refractivity (Wildman–Crippen MR) is 113 cm³/mol. The summed E-state index contributed by atoms with van der Waals surface area (Å²) in [7, 11) is 0. The molecule has 4 N–H and O–H groups in total. The Morgan fingerprint density at radius 3 is 2.57 bits per heavy atom. The van der Waals surface area contributed by atoms with Crippen molar-refractivity contribution in [2.75, 3.05) is 0 Å². The van der Waals surface area contributed by atoms with E-state index in [2.05, 4.69) is 16.0 Å². The highest BCUT2D eigenvalue weighted by Gasteiger charge is 2.26. The maximum Gasteiger partial charge on any atom is 0.309 e. The molecule has 3 rings (SSSR count). The first-order chi connectivity index (χ1) is 14.2. The van der Waals surface area contributed by atoms with E-state index >= 15 is 0 Å². The molecule has 0 aromatic heterocycles. The van der Waals surface area contributed by atoms with Gasteiger partial charge in [-0.25, -0.2) is 0 Å². The fourth-order valence-corrected chi connectivity index (χ4v) is 3.52. The Bertz CT molecular complexity index is 984. The Kier molecular flexibility index (Phi) is 6.40. The third-order valence-corrected chi connectivity index (χ3v) is 5.14. The molecular formula is C23H27N3O4. The molecular weight excluding hydrogens is 382 g/mol. The first-order valence-electron chi connectivity index (χ1n) is 10.1. The van der Waals surface area contributed by atoms with Crippen molar-refractivity contribution in [1.82, 2.24) is 16.0 Å². The van der Waals surface area contributed by atoms with E-state index < -0.39 is 11.8 Å². The minimum atomic E-state index is -0.626. The maximum absolute atomic E-state index is 12.3. The lowest BCUT2D eigenvalue weighted by atomic mass is 10.0. The predicted octanol–water partition coefficient (Wildman–Crippen LogP) is 2.26. The van der Waals surface area contributed by atoms with Gasteiger partial charge in [-0.2, -0.15) is 0 Å². The summed E-state index contributed by atoms with van der Waals surface area (Å²) in [6.45, 7) is 5.73. The van der Waals surface area contributed by atoms with E-state index in [1.54, 1.807) is 32.9 Å². The van der Waals surface area contributed by atoms with Gasteiger partial charge in [0.2, 0.25) is 0 Å². The van der Waals surface area contributed by atoms with Crippen LogP contribution >= 0.6 is 0 Å². The van der Waals surface area contributed by atoms with Crippen molar-refractivity contribution in [2.24, 2.45) is 0 Å². The zero-order valence-electron chi connectivity index (χ0n) is 17.4. The van der Waals surface area contributed by atoms with Gasteiger partial charge in [-0.05, 0) is 68.0 Å². The molecule has 0 saturated carbocycles. The van der Waals surface area contributed by atoms with Crippen LogP contribution in [0, 0.1) is 6.92 Å². The fourth-order valence-electron chi connectivity index (χ4n) is 3.52. The molecule has 0 bridgehead atoms. The molecule has 0 heterocycles. The highest BCUT2D eigenvalue weighted by atomic mass is 16.3. The van der Waals surface area contributed by atoms with E-state index in [1.165, 1.54) is 6.07 Å². The zero-order valence-corrected chi connectivity index (χ0v) is 17.4. The Hall–Kier alpha value is -3.35. The number of carbonyl (C=O) groups is 3. The van der Waals surface area contributed by atoms with Gasteiger partial charge in [-0.15, -0.1) is 0 Å². The molecule has 0 spiro atoms. The Balaban J connectivity index is 1.60. The molecule has 1 aliphatic carbocycles. The Morgan fingerprint density at radius 1 is 1.10 bits per heavy atom. The van der Waals surface area contributed by atoms with Crippen molar-refractivity contribution >= 4 is 17.7 Å². The molecule has 0 saturated heterocycles. The van der Waals surface area contributed by atoms with Crippen molar-refractivity contribution in [1.29, 1.82) is 0 Å². The van der Waals surface area contributed by atoms with E-state index in [-0.39, 0.29) is 23.7 Å². The lowest BCUT2D eigenvalue weighted by Gasteiger charge is -2.15. The maximum atomic E-state index is 12.3. The number of benzene rings is 2.